The second kappa shape index (κ2) is 7.78. The number of amides is 1. The summed E-state index contributed by atoms with van der Waals surface area (Å²) in [7, 11) is 0. The SMILES string of the molecule is CCCC(C)(CC)OCCC(C)(CC)NC(C)=O. The maximum absolute atomic E-state index is 11.2. The van der Waals surface area contributed by atoms with Crippen LogP contribution < -0.4 is 5.32 Å². The molecule has 0 aromatic rings. The highest BCUT2D eigenvalue weighted by molar-refractivity contribution is 5.73. The standard InChI is InChI=1S/C15H31NO2/c1-7-10-15(6,9-3)18-12-11-14(5,8-2)16-13(4)17/h7-12H2,1-6H3,(H,16,17). The van der Waals surface area contributed by atoms with Crippen molar-refractivity contribution in [1.29, 1.82) is 0 Å². The zero-order valence-electron chi connectivity index (χ0n) is 13.1. The Labute approximate surface area is 113 Å². The first-order valence-corrected chi connectivity index (χ1v) is 7.23. The predicted octanol–water partition coefficient (Wildman–Crippen LogP) is 3.67. The van der Waals surface area contributed by atoms with Gasteiger partial charge in [0.25, 0.3) is 0 Å². The van der Waals surface area contributed by atoms with Crippen LogP contribution in [0.25, 0.3) is 0 Å². The van der Waals surface area contributed by atoms with Crippen LogP contribution in [0.4, 0.5) is 0 Å². The molecule has 0 spiro atoms. The molecule has 2 unspecified atom stereocenters. The summed E-state index contributed by atoms with van der Waals surface area (Å²) in [6.45, 7) is 13.0. The van der Waals surface area contributed by atoms with E-state index in [1.165, 1.54) is 0 Å². The number of carbonyl (C=O) groups is 1. The molecule has 0 fully saturated rings. The molecule has 0 heterocycles. The van der Waals surface area contributed by atoms with Crippen molar-refractivity contribution in [2.45, 2.75) is 84.8 Å². The fraction of sp³-hybridized carbons (Fsp3) is 0.933. The fourth-order valence-corrected chi connectivity index (χ4v) is 2.16. The number of ether oxygens (including phenoxy) is 1. The molecule has 3 nitrogen and oxygen atoms in total. The highest BCUT2D eigenvalue weighted by Crippen LogP contribution is 2.23. The average molecular weight is 257 g/mol. The van der Waals surface area contributed by atoms with Crippen molar-refractivity contribution in [2.24, 2.45) is 0 Å². The Kier molecular flexibility index (Phi) is 7.53. The topological polar surface area (TPSA) is 38.3 Å². The van der Waals surface area contributed by atoms with Crippen molar-refractivity contribution >= 4 is 5.91 Å². The Hall–Kier alpha value is -0.570. The Morgan fingerprint density at radius 3 is 2.11 bits per heavy atom. The van der Waals surface area contributed by atoms with E-state index in [2.05, 4.69) is 39.9 Å². The van der Waals surface area contributed by atoms with Crippen LogP contribution in [0.15, 0.2) is 0 Å². The largest absolute Gasteiger partial charge is 0.375 e. The highest BCUT2D eigenvalue weighted by Gasteiger charge is 2.26. The maximum Gasteiger partial charge on any atom is 0.217 e. The van der Waals surface area contributed by atoms with Crippen molar-refractivity contribution < 1.29 is 9.53 Å². The van der Waals surface area contributed by atoms with Crippen LogP contribution in [0.1, 0.15) is 73.6 Å². The van der Waals surface area contributed by atoms with Gasteiger partial charge < -0.3 is 10.1 Å². The zero-order chi connectivity index (χ0) is 14.2. The molecule has 0 bridgehead atoms. The molecule has 0 aromatic heterocycles. The minimum absolute atomic E-state index is 0.0143. The van der Waals surface area contributed by atoms with Crippen LogP contribution in [0, 0.1) is 0 Å². The normalized spacial score (nSPS) is 17.9. The van der Waals surface area contributed by atoms with Crippen LogP contribution in [0.2, 0.25) is 0 Å². The summed E-state index contributed by atoms with van der Waals surface area (Å²) in [5, 5.41) is 3.02. The molecular formula is C15H31NO2. The third kappa shape index (κ3) is 6.39. The Balaban J connectivity index is 4.25. The van der Waals surface area contributed by atoms with Crippen LogP contribution in [-0.2, 0) is 9.53 Å². The second-order valence-electron chi connectivity index (χ2n) is 5.75. The van der Waals surface area contributed by atoms with Gasteiger partial charge in [0.05, 0.1) is 5.60 Å². The summed E-state index contributed by atoms with van der Waals surface area (Å²) < 4.78 is 6.05. The van der Waals surface area contributed by atoms with Gasteiger partial charge in [-0.15, -0.1) is 0 Å². The third-order valence-corrected chi connectivity index (χ3v) is 3.89. The van der Waals surface area contributed by atoms with Gasteiger partial charge in [-0.3, -0.25) is 4.79 Å². The van der Waals surface area contributed by atoms with E-state index < -0.39 is 0 Å². The van der Waals surface area contributed by atoms with E-state index in [0.29, 0.717) is 6.61 Å². The summed E-state index contributed by atoms with van der Waals surface area (Å²) in [5.74, 6) is 0.0335. The van der Waals surface area contributed by atoms with Crippen molar-refractivity contribution in [3.05, 3.63) is 0 Å². The van der Waals surface area contributed by atoms with Gasteiger partial charge in [-0.05, 0) is 39.5 Å². The molecule has 0 saturated carbocycles. The van der Waals surface area contributed by atoms with E-state index in [-0.39, 0.29) is 17.0 Å². The molecule has 0 saturated heterocycles. The minimum atomic E-state index is -0.146. The summed E-state index contributed by atoms with van der Waals surface area (Å²) in [6.07, 6.45) is 5.05. The maximum atomic E-state index is 11.2. The lowest BCUT2D eigenvalue weighted by Crippen LogP contribution is -2.45. The molecule has 0 aliphatic heterocycles. The summed E-state index contributed by atoms with van der Waals surface area (Å²) in [5.41, 5.74) is -0.160. The Morgan fingerprint density at radius 1 is 1.11 bits per heavy atom. The summed E-state index contributed by atoms with van der Waals surface area (Å²) in [4.78, 5) is 11.2. The fourth-order valence-electron chi connectivity index (χ4n) is 2.16. The van der Waals surface area contributed by atoms with Gasteiger partial charge in [0.2, 0.25) is 5.91 Å². The number of hydrogen-bond acceptors (Lipinski definition) is 2. The molecule has 0 aliphatic carbocycles. The van der Waals surface area contributed by atoms with Crippen molar-refractivity contribution in [2.75, 3.05) is 6.61 Å². The highest BCUT2D eigenvalue weighted by atomic mass is 16.5. The number of hydrogen-bond donors (Lipinski definition) is 1. The molecule has 0 aromatic carbocycles. The molecule has 108 valence electrons. The number of rotatable bonds is 9. The first kappa shape index (κ1) is 17.4. The second-order valence-corrected chi connectivity index (χ2v) is 5.75. The van der Waals surface area contributed by atoms with Crippen molar-refractivity contribution in [3.63, 3.8) is 0 Å². The molecule has 0 aliphatic rings. The van der Waals surface area contributed by atoms with E-state index in [1.807, 2.05) is 0 Å². The first-order valence-electron chi connectivity index (χ1n) is 7.23. The lowest BCUT2D eigenvalue weighted by molar-refractivity contribution is -0.121. The number of carbonyl (C=O) groups excluding carboxylic acids is 1. The molecule has 0 radical (unpaired) electrons. The molecular weight excluding hydrogens is 226 g/mol. The van der Waals surface area contributed by atoms with Gasteiger partial charge in [-0.25, -0.2) is 0 Å². The molecule has 18 heavy (non-hydrogen) atoms. The van der Waals surface area contributed by atoms with Crippen LogP contribution in [0.5, 0.6) is 0 Å². The van der Waals surface area contributed by atoms with E-state index in [1.54, 1.807) is 6.92 Å². The van der Waals surface area contributed by atoms with Gasteiger partial charge in [0.1, 0.15) is 0 Å². The Bertz CT molecular complexity index is 255. The van der Waals surface area contributed by atoms with E-state index in [0.717, 1.165) is 32.1 Å². The summed E-state index contributed by atoms with van der Waals surface area (Å²) >= 11 is 0. The zero-order valence-corrected chi connectivity index (χ0v) is 13.1. The first-order chi connectivity index (χ1) is 8.31. The van der Waals surface area contributed by atoms with Crippen molar-refractivity contribution in [3.8, 4) is 0 Å². The predicted molar refractivity (Wildman–Crippen MR) is 76.7 cm³/mol. The van der Waals surface area contributed by atoms with E-state index in [4.69, 9.17) is 4.74 Å². The van der Waals surface area contributed by atoms with E-state index >= 15 is 0 Å². The van der Waals surface area contributed by atoms with Gasteiger partial charge >= 0.3 is 0 Å². The lowest BCUT2D eigenvalue weighted by atomic mass is 9.94. The van der Waals surface area contributed by atoms with Crippen molar-refractivity contribution in [1.82, 2.24) is 5.32 Å². The molecule has 1 amide bonds. The molecule has 0 rings (SSSR count). The van der Waals surface area contributed by atoms with Crippen LogP contribution in [-0.4, -0.2) is 23.7 Å². The summed E-state index contributed by atoms with van der Waals surface area (Å²) in [6, 6.07) is 0. The smallest absolute Gasteiger partial charge is 0.217 e. The lowest BCUT2D eigenvalue weighted by Gasteiger charge is -2.33. The third-order valence-electron chi connectivity index (χ3n) is 3.89. The average Bonchev–Trinajstić information content (AvgIpc) is 2.28. The molecule has 2 atom stereocenters. The quantitative estimate of drug-likeness (QED) is 0.684. The molecule has 3 heteroatoms. The van der Waals surface area contributed by atoms with E-state index in [9.17, 15) is 4.79 Å². The van der Waals surface area contributed by atoms with Gasteiger partial charge in [0, 0.05) is 19.1 Å². The van der Waals surface area contributed by atoms with Crippen LogP contribution >= 0.6 is 0 Å². The monoisotopic (exact) mass is 257 g/mol. The van der Waals surface area contributed by atoms with Crippen LogP contribution in [0.3, 0.4) is 0 Å². The Morgan fingerprint density at radius 2 is 1.72 bits per heavy atom. The van der Waals surface area contributed by atoms with Gasteiger partial charge in [0.15, 0.2) is 0 Å². The minimum Gasteiger partial charge on any atom is -0.375 e. The number of nitrogens with one attached hydrogen (secondary N) is 1. The molecule has 1 N–H and O–H groups in total. The van der Waals surface area contributed by atoms with Gasteiger partial charge in [-0.2, -0.15) is 0 Å². The van der Waals surface area contributed by atoms with Gasteiger partial charge in [-0.1, -0.05) is 27.2 Å².